The highest BCUT2D eigenvalue weighted by Crippen LogP contribution is 2.41. The van der Waals surface area contributed by atoms with E-state index in [0.717, 1.165) is 36.6 Å². The molecule has 0 aromatic carbocycles. The fourth-order valence-corrected chi connectivity index (χ4v) is 4.53. The van der Waals surface area contributed by atoms with E-state index >= 15 is 0 Å². The maximum atomic E-state index is 12.3. The summed E-state index contributed by atoms with van der Waals surface area (Å²) in [4.78, 5) is 12.3. The van der Waals surface area contributed by atoms with Gasteiger partial charge in [0.05, 0.1) is 6.61 Å². The number of hydrogen-bond acceptors (Lipinski definition) is 7. The monoisotopic (exact) mass is 315 g/mol. The Morgan fingerprint density at radius 1 is 1.65 bits per heavy atom. The van der Waals surface area contributed by atoms with Gasteiger partial charge in [0, 0.05) is 5.25 Å². The lowest BCUT2D eigenvalue weighted by Crippen LogP contribution is -2.51. The summed E-state index contributed by atoms with van der Waals surface area (Å²) in [5.41, 5.74) is 1.24. The van der Waals surface area contributed by atoms with Gasteiger partial charge in [-0.3, -0.25) is 4.79 Å². The van der Waals surface area contributed by atoms with Crippen molar-refractivity contribution in [3.05, 3.63) is 5.51 Å². The first kappa shape index (κ1) is 15.7. The molecule has 0 bridgehead atoms. The van der Waals surface area contributed by atoms with Crippen molar-refractivity contribution in [2.45, 2.75) is 54.7 Å². The van der Waals surface area contributed by atoms with Crippen molar-refractivity contribution >= 4 is 29.1 Å². The molecule has 1 saturated carbocycles. The first-order chi connectivity index (χ1) is 9.70. The highest BCUT2D eigenvalue weighted by Gasteiger charge is 2.46. The Kier molecular flexibility index (Phi) is 5.80. The molecule has 0 spiro atoms. The van der Waals surface area contributed by atoms with Gasteiger partial charge < -0.3 is 10.1 Å². The summed E-state index contributed by atoms with van der Waals surface area (Å²) in [5.74, 6) is -0.103. The topological polar surface area (TPSA) is 64.1 Å². The maximum Gasteiger partial charge on any atom is 0.326 e. The summed E-state index contributed by atoms with van der Waals surface area (Å²) >= 11 is 3.28. The molecule has 1 aromatic rings. The van der Waals surface area contributed by atoms with Crippen LogP contribution in [0.2, 0.25) is 0 Å². The zero-order chi connectivity index (χ0) is 14.4. The van der Waals surface area contributed by atoms with Gasteiger partial charge in [0.15, 0.2) is 4.34 Å². The molecule has 1 aliphatic rings. The third-order valence-corrected chi connectivity index (χ3v) is 5.54. The molecule has 5 nitrogen and oxygen atoms in total. The second-order valence-corrected chi connectivity index (χ2v) is 7.30. The third-order valence-electron chi connectivity index (χ3n) is 3.46. The van der Waals surface area contributed by atoms with E-state index < -0.39 is 5.54 Å². The Hall–Kier alpha value is -0.660. The molecule has 7 heteroatoms. The number of carbonyl (C=O) groups excluding carboxylic acids is 1. The lowest BCUT2D eigenvalue weighted by atomic mass is 9.97. The van der Waals surface area contributed by atoms with Crippen molar-refractivity contribution in [2.75, 3.05) is 13.2 Å². The van der Waals surface area contributed by atoms with Crippen LogP contribution in [0, 0.1) is 0 Å². The van der Waals surface area contributed by atoms with Gasteiger partial charge in [0.2, 0.25) is 0 Å². The highest BCUT2D eigenvalue weighted by atomic mass is 32.2. The summed E-state index contributed by atoms with van der Waals surface area (Å²) in [5, 5.41) is 11.7. The van der Waals surface area contributed by atoms with Gasteiger partial charge in [0.1, 0.15) is 11.0 Å². The zero-order valence-corrected chi connectivity index (χ0v) is 13.6. The van der Waals surface area contributed by atoms with E-state index in [2.05, 4.69) is 22.4 Å². The average molecular weight is 315 g/mol. The SMILES string of the molecule is CCCNC1(C(=O)OCC)CCC(Sc2nncs2)C1. The van der Waals surface area contributed by atoms with Gasteiger partial charge >= 0.3 is 5.97 Å². The average Bonchev–Trinajstić information content (AvgIpc) is 3.08. The molecule has 0 saturated heterocycles. The fraction of sp³-hybridized carbons (Fsp3) is 0.769. The quantitative estimate of drug-likeness (QED) is 0.780. The summed E-state index contributed by atoms with van der Waals surface area (Å²) in [6.07, 6.45) is 3.65. The van der Waals surface area contributed by atoms with Gasteiger partial charge in [-0.25, -0.2) is 0 Å². The number of hydrogen-bond donors (Lipinski definition) is 1. The Labute approximate surface area is 127 Å². The minimum atomic E-state index is -0.506. The van der Waals surface area contributed by atoms with Crippen LogP contribution in [0.15, 0.2) is 9.85 Å². The highest BCUT2D eigenvalue weighted by molar-refractivity contribution is 8.01. The van der Waals surface area contributed by atoms with Gasteiger partial charge in [-0.2, -0.15) is 0 Å². The molecule has 1 fully saturated rings. The van der Waals surface area contributed by atoms with Gasteiger partial charge in [-0.05, 0) is 39.2 Å². The number of rotatable bonds is 7. The molecule has 0 aliphatic heterocycles. The van der Waals surface area contributed by atoms with Crippen LogP contribution >= 0.6 is 23.1 Å². The molecule has 2 unspecified atom stereocenters. The number of nitrogens with one attached hydrogen (secondary N) is 1. The Morgan fingerprint density at radius 3 is 3.15 bits per heavy atom. The second-order valence-electron chi connectivity index (χ2n) is 4.92. The lowest BCUT2D eigenvalue weighted by molar-refractivity contribution is -0.151. The molecule has 2 rings (SSSR count). The van der Waals surface area contributed by atoms with Gasteiger partial charge in [-0.15, -0.1) is 10.2 Å². The van der Waals surface area contributed by atoms with Crippen molar-refractivity contribution in [1.82, 2.24) is 15.5 Å². The molecule has 2 atom stereocenters. The Balaban J connectivity index is 2.00. The lowest BCUT2D eigenvalue weighted by Gasteiger charge is -2.28. The van der Waals surface area contributed by atoms with Crippen LogP contribution in [0.3, 0.4) is 0 Å². The number of nitrogens with zero attached hydrogens (tertiary/aromatic N) is 2. The molecule has 1 heterocycles. The van der Waals surface area contributed by atoms with Crippen LogP contribution in [-0.2, 0) is 9.53 Å². The maximum absolute atomic E-state index is 12.3. The molecular formula is C13H21N3O2S2. The predicted octanol–water partition coefficient (Wildman–Crippen LogP) is 2.48. The Bertz CT molecular complexity index is 427. The molecule has 112 valence electrons. The van der Waals surface area contributed by atoms with Crippen LogP contribution in [0.1, 0.15) is 39.5 Å². The van der Waals surface area contributed by atoms with Crippen molar-refractivity contribution < 1.29 is 9.53 Å². The van der Waals surface area contributed by atoms with Gasteiger partial charge in [0.25, 0.3) is 0 Å². The normalized spacial score (nSPS) is 25.8. The molecule has 1 aliphatic carbocycles. The summed E-state index contributed by atoms with van der Waals surface area (Å²) in [6, 6.07) is 0. The summed E-state index contributed by atoms with van der Waals surface area (Å²) < 4.78 is 6.25. The first-order valence-electron chi connectivity index (χ1n) is 7.05. The molecular weight excluding hydrogens is 294 g/mol. The Morgan fingerprint density at radius 2 is 2.50 bits per heavy atom. The van der Waals surface area contributed by atoms with Crippen molar-refractivity contribution in [3.63, 3.8) is 0 Å². The van der Waals surface area contributed by atoms with Crippen molar-refractivity contribution in [2.24, 2.45) is 0 Å². The van der Waals surface area contributed by atoms with Crippen LogP contribution in [-0.4, -0.2) is 40.1 Å². The van der Waals surface area contributed by atoms with E-state index in [1.807, 2.05) is 6.92 Å². The molecule has 20 heavy (non-hydrogen) atoms. The van der Waals surface area contributed by atoms with E-state index in [9.17, 15) is 4.79 Å². The molecule has 1 aromatic heterocycles. The number of carbonyl (C=O) groups is 1. The van der Waals surface area contributed by atoms with Crippen LogP contribution < -0.4 is 5.32 Å². The largest absolute Gasteiger partial charge is 0.465 e. The minimum Gasteiger partial charge on any atom is -0.465 e. The summed E-state index contributed by atoms with van der Waals surface area (Å²) in [7, 11) is 0. The molecule has 0 amide bonds. The van der Waals surface area contributed by atoms with E-state index in [1.165, 1.54) is 0 Å². The van der Waals surface area contributed by atoms with Crippen molar-refractivity contribution in [1.29, 1.82) is 0 Å². The van der Waals surface area contributed by atoms with Crippen LogP contribution in [0.5, 0.6) is 0 Å². The van der Waals surface area contributed by atoms with E-state index in [1.54, 1.807) is 28.6 Å². The van der Waals surface area contributed by atoms with E-state index in [-0.39, 0.29) is 5.97 Å². The zero-order valence-electron chi connectivity index (χ0n) is 11.9. The molecule has 0 radical (unpaired) electrons. The number of thioether (sulfide) groups is 1. The van der Waals surface area contributed by atoms with E-state index in [4.69, 9.17) is 4.74 Å². The number of esters is 1. The van der Waals surface area contributed by atoms with Crippen LogP contribution in [0.25, 0.3) is 0 Å². The standard InChI is InChI=1S/C13H21N3O2S2/c1-3-7-14-13(11(17)18-4-2)6-5-10(8-13)20-12-16-15-9-19-12/h9-10,14H,3-8H2,1-2H3. The first-order valence-corrected chi connectivity index (χ1v) is 8.81. The fourth-order valence-electron chi connectivity index (χ4n) is 2.51. The molecule has 1 N–H and O–H groups in total. The third kappa shape index (κ3) is 3.71. The predicted molar refractivity (Wildman–Crippen MR) is 81.1 cm³/mol. The van der Waals surface area contributed by atoms with Crippen molar-refractivity contribution in [3.8, 4) is 0 Å². The number of ether oxygens (including phenoxy) is 1. The van der Waals surface area contributed by atoms with E-state index in [0.29, 0.717) is 11.9 Å². The van der Waals surface area contributed by atoms with Crippen LogP contribution in [0.4, 0.5) is 0 Å². The van der Waals surface area contributed by atoms with Gasteiger partial charge in [-0.1, -0.05) is 30.0 Å². The smallest absolute Gasteiger partial charge is 0.326 e. The minimum absolute atomic E-state index is 0.103. The number of aromatic nitrogens is 2. The summed E-state index contributed by atoms with van der Waals surface area (Å²) in [6.45, 7) is 5.24. The second kappa shape index (κ2) is 7.38.